The molecule has 1 saturated heterocycles. The van der Waals surface area contributed by atoms with E-state index in [0.717, 1.165) is 16.9 Å². The van der Waals surface area contributed by atoms with Crippen molar-refractivity contribution in [3.05, 3.63) is 35.4 Å². The molecule has 1 aliphatic rings. The molecule has 1 aromatic rings. The summed E-state index contributed by atoms with van der Waals surface area (Å²) in [4.78, 5) is 38.4. The third-order valence-electron chi connectivity index (χ3n) is 4.48. The second kappa shape index (κ2) is 9.54. The van der Waals surface area contributed by atoms with Gasteiger partial charge < -0.3 is 16.0 Å². The van der Waals surface area contributed by atoms with E-state index >= 15 is 0 Å². The van der Waals surface area contributed by atoms with Crippen molar-refractivity contribution in [2.24, 2.45) is 11.7 Å². The number of hydrogen-bond donors (Lipinski definition) is 2. The van der Waals surface area contributed by atoms with Gasteiger partial charge in [0.1, 0.15) is 0 Å². The van der Waals surface area contributed by atoms with E-state index in [9.17, 15) is 14.4 Å². The lowest BCUT2D eigenvalue weighted by Gasteiger charge is -2.21. The highest BCUT2D eigenvalue weighted by Gasteiger charge is 2.28. The van der Waals surface area contributed by atoms with Gasteiger partial charge in [-0.15, -0.1) is 12.4 Å². The van der Waals surface area contributed by atoms with E-state index in [4.69, 9.17) is 5.73 Å². The zero-order chi connectivity index (χ0) is 18.6. The summed E-state index contributed by atoms with van der Waals surface area (Å²) in [5.74, 6) is 0.0668. The van der Waals surface area contributed by atoms with Crippen molar-refractivity contribution in [2.75, 3.05) is 20.1 Å². The first kappa shape index (κ1) is 21.9. The van der Waals surface area contributed by atoms with Crippen LogP contribution >= 0.6 is 12.4 Å². The Bertz CT molecular complexity index is 632. The Morgan fingerprint density at radius 1 is 1.27 bits per heavy atom. The quantitative estimate of drug-likeness (QED) is 0.700. The Hall–Kier alpha value is -2.12. The highest BCUT2D eigenvalue weighted by Crippen LogP contribution is 2.12. The number of nitrogens with zero attached hydrogens (tertiary/aromatic N) is 2. The average molecular weight is 383 g/mol. The van der Waals surface area contributed by atoms with E-state index in [0.29, 0.717) is 18.0 Å². The summed E-state index contributed by atoms with van der Waals surface area (Å²) in [6.07, 6.45) is 0.754. The van der Waals surface area contributed by atoms with E-state index in [1.807, 2.05) is 0 Å². The molecule has 7 nitrogen and oxygen atoms in total. The molecule has 4 amide bonds. The number of imide groups is 1. The van der Waals surface area contributed by atoms with Gasteiger partial charge in [0, 0.05) is 25.2 Å². The van der Waals surface area contributed by atoms with Crippen LogP contribution in [-0.2, 0) is 11.3 Å². The summed E-state index contributed by atoms with van der Waals surface area (Å²) in [5, 5.41) is 2.48. The molecule has 3 N–H and O–H groups in total. The summed E-state index contributed by atoms with van der Waals surface area (Å²) in [6.45, 7) is 4.98. The molecule has 0 saturated carbocycles. The molecule has 1 fully saturated rings. The minimum Gasteiger partial charge on any atom is -0.342 e. The van der Waals surface area contributed by atoms with E-state index in [1.165, 1.54) is 0 Å². The molecule has 0 radical (unpaired) electrons. The third kappa shape index (κ3) is 5.44. The number of nitrogens with two attached hydrogens (primary N) is 1. The fourth-order valence-electron chi connectivity index (χ4n) is 2.55. The SMILES string of the molecule is CC(C)C(N)CCN(C)C(=O)c1ccc(CN2C(=O)CNC2=O)cc1.Cl. The van der Waals surface area contributed by atoms with Gasteiger partial charge in [-0.05, 0) is 30.0 Å². The lowest BCUT2D eigenvalue weighted by Crippen LogP contribution is -2.34. The Balaban J connectivity index is 0.00000338. The molecule has 1 unspecified atom stereocenters. The normalized spacial score (nSPS) is 14.9. The number of hydrogen-bond acceptors (Lipinski definition) is 4. The number of urea groups is 1. The predicted molar refractivity (Wildman–Crippen MR) is 102 cm³/mol. The minimum absolute atomic E-state index is 0. The maximum Gasteiger partial charge on any atom is 0.324 e. The molecule has 1 heterocycles. The Kier molecular flexibility index (Phi) is 8.05. The van der Waals surface area contributed by atoms with Crippen LogP contribution in [-0.4, -0.2) is 53.8 Å². The zero-order valence-electron chi connectivity index (χ0n) is 15.4. The molecule has 1 aromatic carbocycles. The monoisotopic (exact) mass is 382 g/mol. The van der Waals surface area contributed by atoms with Crippen LogP contribution in [0, 0.1) is 5.92 Å². The van der Waals surface area contributed by atoms with E-state index in [-0.39, 0.29) is 49.4 Å². The zero-order valence-corrected chi connectivity index (χ0v) is 16.2. The Morgan fingerprint density at radius 2 is 1.88 bits per heavy atom. The third-order valence-corrected chi connectivity index (χ3v) is 4.48. The van der Waals surface area contributed by atoms with Crippen LogP contribution in [0.4, 0.5) is 4.79 Å². The Morgan fingerprint density at radius 3 is 2.38 bits per heavy atom. The number of carbonyl (C=O) groups excluding carboxylic acids is 3. The van der Waals surface area contributed by atoms with Crippen LogP contribution in [0.2, 0.25) is 0 Å². The van der Waals surface area contributed by atoms with Gasteiger partial charge >= 0.3 is 6.03 Å². The number of halogens is 1. The number of carbonyl (C=O) groups is 3. The molecule has 0 bridgehead atoms. The molecule has 2 rings (SSSR count). The first-order valence-corrected chi connectivity index (χ1v) is 8.47. The Labute approximate surface area is 160 Å². The van der Waals surface area contributed by atoms with Crippen LogP contribution in [0.15, 0.2) is 24.3 Å². The largest absolute Gasteiger partial charge is 0.342 e. The molecule has 144 valence electrons. The van der Waals surface area contributed by atoms with Gasteiger partial charge in [0.25, 0.3) is 5.91 Å². The fraction of sp³-hybridized carbons (Fsp3) is 0.500. The molecule has 0 aliphatic carbocycles. The second-order valence-corrected chi connectivity index (χ2v) is 6.76. The molecular weight excluding hydrogens is 356 g/mol. The van der Waals surface area contributed by atoms with Crippen molar-refractivity contribution in [3.63, 3.8) is 0 Å². The van der Waals surface area contributed by atoms with Crippen molar-refractivity contribution >= 4 is 30.3 Å². The first-order chi connectivity index (χ1) is 11.8. The summed E-state index contributed by atoms with van der Waals surface area (Å²) >= 11 is 0. The lowest BCUT2D eigenvalue weighted by atomic mass is 10.0. The average Bonchev–Trinajstić information content (AvgIpc) is 2.91. The maximum absolute atomic E-state index is 12.4. The molecule has 8 heteroatoms. The van der Waals surface area contributed by atoms with Crippen molar-refractivity contribution in [3.8, 4) is 0 Å². The number of rotatable bonds is 7. The van der Waals surface area contributed by atoms with Crippen molar-refractivity contribution in [1.29, 1.82) is 0 Å². The fourth-order valence-corrected chi connectivity index (χ4v) is 2.55. The number of amides is 4. The van der Waals surface area contributed by atoms with E-state index in [2.05, 4.69) is 19.2 Å². The van der Waals surface area contributed by atoms with Crippen LogP contribution in [0.1, 0.15) is 36.2 Å². The maximum atomic E-state index is 12.4. The number of benzene rings is 1. The lowest BCUT2D eigenvalue weighted by molar-refractivity contribution is -0.125. The molecule has 1 aliphatic heterocycles. The van der Waals surface area contributed by atoms with Gasteiger partial charge in [-0.2, -0.15) is 0 Å². The van der Waals surface area contributed by atoms with Crippen LogP contribution in [0.3, 0.4) is 0 Å². The summed E-state index contributed by atoms with van der Waals surface area (Å²) in [7, 11) is 1.76. The van der Waals surface area contributed by atoms with Crippen LogP contribution in [0.5, 0.6) is 0 Å². The van der Waals surface area contributed by atoms with Gasteiger partial charge in [0.15, 0.2) is 0 Å². The van der Waals surface area contributed by atoms with Crippen LogP contribution < -0.4 is 11.1 Å². The predicted octanol–water partition coefficient (Wildman–Crippen LogP) is 1.61. The first-order valence-electron chi connectivity index (χ1n) is 8.47. The van der Waals surface area contributed by atoms with E-state index in [1.54, 1.807) is 36.2 Å². The van der Waals surface area contributed by atoms with Gasteiger partial charge in [-0.1, -0.05) is 26.0 Å². The minimum atomic E-state index is -0.383. The molecule has 0 aromatic heterocycles. The molecule has 26 heavy (non-hydrogen) atoms. The number of nitrogens with one attached hydrogen (secondary N) is 1. The highest BCUT2D eigenvalue weighted by molar-refractivity contribution is 6.01. The van der Waals surface area contributed by atoms with Crippen LogP contribution in [0.25, 0.3) is 0 Å². The summed E-state index contributed by atoms with van der Waals surface area (Å²) < 4.78 is 0. The molecule has 0 spiro atoms. The van der Waals surface area contributed by atoms with E-state index < -0.39 is 0 Å². The summed E-state index contributed by atoms with van der Waals surface area (Å²) in [5.41, 5.74) is 7.39. The standard InChI is InChI=1S/C18H26N4O3.ClH/c1-12(2)15(19)8-9-21(3)17(24)14-6-4-13(5-7-14)11-22-16(23)10-20-18(22)25;/h4-7,12,15H,8-11,19H2,1-3H3,(H,20,25);1H. The van der Waals surface area contributed by atoms with Gasteiger partial charge in [0.2, 0.25) is 5.91 Å². The van der Waals surface area contributed by atoms with Gasteiger partial charge in [-0.3, -0.25) is 14.5 Å². The van der Waals surface area contributed by atoms with Gasteiger partial charge in [0.05, 0.1) is 13.1 Å². The van der Waals surface area contributed by atoms with Crippen molar-refractivity contribution in [1.82, 2.24) is 15.1 Å². The summed E-state index contributed by atoms with van der Waals surface area (Å²) in [6, 6.07) is 6.65. The smallest absolute Gasteiger partial charge is 0.324 e. The molecule has 1 atom stereocenters. The van der Waals surface area contributed by atoms with Crippen molar-refractivity contribution in [2.45, 2.75) is 32.9 Å². The second-order valence-electron chi connectivity index (χ2n) is 6.76. The molecular formula is C18H27ClN4O3. The van der Waals surface area contributed by atoms with Crippen molar-refractivity contribution < 1.29 is 14.4 Å². The van der Waals surface area contributed by atoms with Gasteiger partial charge in [-0.25, -0.2) is 4.79 Å². The highest BCUT2D eigenvalue weighted by atomic mass is 35.5. The topological polar surface area (TPSA) is 95.7 Å².